The van der Waals surface area contributed by atoms with Crippen LogP contribution in [0.5, 0.6) is 0 Å². The van der Waals surface area contributed by atoms with Gasteiger partial charge in [0.25, 0.3) is 0 Å². The Bertz CT molecular complexity index is 843. The Labute approximate surface area is 146 Å². The third-order valence-electron chi connectivity index (χ3n) is 3.11. The fraction of sp³-hybridized carbons (Fsp3) is 0. The number of nitriles is 1. The van der Waals surface area contributed by atoms with E-state index < -0.39 is 0 Å². The topological polar surface area (TPSA) is 36.7 Å². The van der Waals surface area contributed by atoms with Gasteiger partial charge in [-0.1, -0.05) is 42.5 Å². The molecular formula is C18H11IN2S. The molecule has 0 aliphatic carbocycles. The van der Waals surface area contributed by atoms with E-state index in [0.717, 1.165) is 21.8 Å². The summed E-state index contributed by atoms with van der Waals surface area (Å²) in [5, 5.41) is 12.2. The smallest absolute Gasteiger partial charge is 0.134 e. The summed E-state index contributed by atoms with van der Waals surface area (Å²) in [5.74, 6) is 0. The first-order chi connectivity index (χ1) is 10.8. The van der Waals surface area contributed by atoms with Gasteiger partial charge in [0, 0.05) is 14.5 Å². The average molecular weight is 414 g/mol. The molecule has 0 spiro atoms. The van der Waals surface area contributed by atoms with E-state index in [-0.39, 0.29) is 0 Å². The van der Waals surface area contributed by atoms with Crippen LogP contribution in [0.3, 0.4) is 0 Å². The summed E-state index contributed by atoms with van der Waals surface area (Å²) in [6.45, 7) is 0. The predicted molar refractivity (Wildman–Crippen MR) is 100 cm³/mol. The summed E-state index contributed by atoms with van der Waals surface area (Å²) < 4.78 is 1.17. The molecule has 3 aromatic rings. The first kappa shape index (κ1) is 14.9. The summed E-state index contributed by atoms with van der Waals surface area (Å²) in [4.78, 5) is 4.59. The van der Waals surface area contributed by atoms with E-state index in [0.29, 0.717) is 5.57 Å². The van der Waals surface area contributed by atoms with Crippen molar-refractivity contribution in [2.45, 2.75) is 0 Å². The molecule has 0 amide bonds. The molecular weight excluding hydrogens is 403 g/mol. The molecule has 0 bridgehead atoms. The highest BCUT2D eigenvalue weighted by molar-refractivity contribution is 14.1. The van der Waals surface area contributed by atoms with Gasteiger partial charge in [0.2, 0.25) is 0 Å². The number of halogens is 1. The number of benzene rings is 2. The highest BCUT2D eigenvalue weighted by Crippen LogP contribution is 2.27. The summed E-state index contributed by atoms with van der Waals surface area (Å²) in [6.07, 6.45) is 1.88. The van der Waals surface area contributed by atoms with Crippen LogP contribution in [0.15, 0.2) is 60.0 Å². The molecule has 3 rings (SSSR count). The van der Waals surface area contributed by atoms with Gasteiger partial charge in [-0.25, -0.2) is 4.98 Å². The van der Waals surface area contributed by atoms with E-state index in [2.05, 4.69) is 33.6 Å². The van der Waals surface area contributed by atoms with Gasteiger partial charge in [-0.2, -0.15) is 5.26 Å². The molecule has 106 valence electrons. The maximum Gasteiger partial charge on any atom is 0.134 e. The monoisotopic (exact) mass is 414 g/mol. The van der Waals surface area contributed by atoms with Crippen LogP contribution in [0.4, 0.5) is 0 Å². The standard InChI is InChI=1S/C18H11IN2S/c19-16-8-6-13(7-9-16)10-15(11-20)18-21-17(12-22-18)14-4-2-1-3-5-14/h1-10,12H/b15-10+. The van der Waals surface area contributed by atoms with Crippen LogP contribution in [0.1, 0.15) is 10.6 Å². The Morgan fingerprint density at radius 1 is 1.09 bits per heavy atom. The Balaban J connectivity index is 1.94. The molecule has 0 saturated carbocycles. The summed E-state index contributed by atoms with van der Waals surface area (Å²) in [6, 6.07) is 20.3. The van der Waals surface area contributed by atoms with E-state index in [4.69, 9.17) is 0 Å². The van der Waals surface area contributed by atoms with Crippen LogP contribution in [0.2, 0.25) is 0 Å². The average Bonchev–Trinajstić information content (AvgIpc) is 3.05. The molecule has 1 aromatic heterocycles. The van der Waals surface area contributed by atoms with Gasteiger partial charge in [0.05, 0.1) is 11.3 Å². The molecule has 0 fully saturated rings. The molecule has 1 heterocycles. The number of hydrogen-bond acceptors (Lipinski definition) is 3. The lowest BCUT2D eigenvalue weighted by Gasteiger charge is -1.97. The minimum absolute atomic E-state index is 0.591. The lowest BCUT2D eigenvalue weighted by Crippen LogP contribution is -1.83. The van der Waals surface area contributed by atoms with Crippen molar-refractivity contribution in [3.8, 4) is 17.3 Å². The number of nitrogens with zero attached hydrogens (tertiary/aromatic N) is 2. The third-order valence-corrected chi connectivity index (χ3v) is 4.70. The van der Waals surface area contributed by atoms with E-state index in [1.807, 2.05) is 66.1 Å². The Morgan fingerprint density at radius 2 is 1.82 bits per heavy atom. The van der Waals surface area contributed by atoms with Crippen molar-refractivity contribution < 1.29 is 0 Å². The molecule has 2 nitrogen and oxygen atoms in total. The van der Waals surface area contributed by atoms with Crippen molar-refractivity contribution in [1.82, 2.24) is 4.98 Å². The minimum atomic E-state index is 0.591. The zero-order chi connectivity index (χ0) is 15.4. The Kier molecular flexibility index (Phi) is 4.66. The molecule has 0 aliphatic heterocycles. The maximum absolute atomic E-state index is 9.42. The van der Waals surface area contributed by atoms with Gasteiger partial charge in [-0.15, -0.1) is 11.3 Å². The van der Waals surface area contributed by atoms with E-state index in [1.165, 1.54) is 14.9 Å². The van der Waals surface area contributed by atoms with Crippen LogP contribution >= 0.6 is 33.9 Å². The number of hydrogen-bond donors (Lipinski definition) is 0. The van der Waals surface area contributed by atoms with Crippen LogP contribution in [-0.2, 0) is 0 Å². The van der Waals surface area contributed by atoms with E-state index in [9.17, 15) is 5.26 Å². The maximum atomic E-state index is 9.42. The van der Waals surface area contributed by atoms with Gasteiger partial charge in [-0.05, 0) is 46.4 Å². The van der Waals surface area contributed by atoms with Crippen molar-refractivity contribution in [2.75, 3.05) is 0 Å². The fourth-order valence-corrected chi connectivity index (χ4v) is 3.16. The van der Waals surface area contributed by atoms with Crippen molar-refractivity contribution >= 4 is 45.6 Å². The number of thiazole rings is 1. The number of aromatic nitrogens is 1. The summed E-state index contributed by atoms with van der Waals surface area (Å²) in [5.41, 5.74) is 3.57. The molecule has 0 radical (unpaired) electrons. The second kappa shape index (κ2) is 6.86. The van der Waals surface area contributed by atoms with E-state index in [1.54, 1.807) is 0 Å². The highest BCUT2D eigenvalue weighted by Gasteiger charge is 2.08. The van der Waals surface area contributed by atoms with Crippen LogP contribution in [-0.4, -0.2) is 4.98 Å². The molecule has 4 heteroatoms. The third kappa shape index (κ3) is 3.43. The van der Waals surface area contributed by atoms with Gasteiger partial charge >= 0.3 is 0 Å². The van der Waals surface area contributed by atoms with Crippen molar-refractivity contribution in [1.29, 1.82) is 5.26 Å². The molecule has 0 atom stereocenters. The quantitative estimate of drug-likeness (QED) is 0.421. The summed E-state index contributed by atoms with van der Waals surface area (Å²) in [7, 11) is 0. The van der Waals surface area contributed by atoms with Crippen molar-refractivity contribution in [2.24, 2.45) is 0 Å². The number of allylic oxidation sites excluding steroid dienone is 1. The first-order valence-corrected chi connectivity index (χ1v) is 8.61. The van der Waals surface area contributed by atoms with Gasteiger partial charge in [-0.3, -0.25) is 0 Å². The van der Waals surface area contributed by atoms with Crippen molar-refractivity contribution in [3.05, 3.63) is 74.1 Å². The van der Waals surface area contributed by atoms with Crippen LogP contribution in [0, 0.1) is 14.9 Å². The lowest BCUT2D eigenvalue weighted by molar-refractivity contribution is 1.37. The molecule has 0 unspecified atom stereocenters. The summed E-state index contributed by atoms with van der Waals surface area (Å²) >= 11 is 3.76. The molecule has 0 N–H and O–H groups in total. The van der Waals surface area contributed by atoms with Crippen LogP contribution in [0.25, 0.3) is 22.9 Å². The van der Waals surface area contributed by atoms with Gasteiger partial charge < -0.3 is 0 Å². The second-order valence-electron chi connectivity index (χ2n) is 4.63. The second-order valence-corrected chi connectivity index (χ2v) is 6.73. The normalized spacial score (nSPS) is 11.2. The molecule has 0 aliphatic rings. The Morgan fingerprint density at radius 3 is 2.50 bits per heavy atom. The Hall–Kier alpha value is -1.97. The van der Waals surface area contributed by atoms with Crippen molar-refractivity contribution in [3.63, 3.8) is 0 Å². The fourth-order valence-electron chi connectivity index (χ4n) is 2.01. The SMILES string of the molecule is N#C/C(=C\c1ccc(I)cc1)c1nc(-c2ccccc2)cs1. The van der Waals surface area contributed by atoms with Gasteiger partial charge in [0.1, 0.15) is 11.1 Å². The molecule has 22 heavy (non-hydrogen) atoms. The lowest BCUT2D eigenvalue weighted by atomic mass is 10.1. The zero-order valence-electron chi connectivity index (χ0n) is 11.5. The largest absolute Gasteiger partial charge is 0.235 e. The predicted octanol–water partition coefficient (Wildman–Crippen LogP) is 5.48. The zero-order valence-corrected chi connectivity index (χ0v) is 14.5. The first-order valence-electron chi connectivity index (χ1n) is 6.65. The molecule has 0 saturated heterocycles. The highest BCUT2D eigenvalue weighted by atomic mass is 127. The number of rotatable bonds is 3. The minimum Gasteiger partial charge on any atom is -0.235 e. The van der Waals surface area contributed by atoms with Crippen LogP contribution < -0.4 is 0 Å². The van der Waals surface area contributed by atoms with E-state index >= 15 is 0 Å². The van der Waals surface area contributed by atoms with Gasteiger partial charge in [0.15, 0.2) is 0 Å². The molecule has 2 aromatic carbocycles.